The fraction of sp³-hybridized carbons (Fsp3) is 0.500. The molecular weight excluding hydrogens is 295 g/mol. The fourth-order valence-corrected chi connectivity index (χ4v) is 2.60. The Kier molecular flexibility index (Phi) is 5.45. The SMILES string of the molecule is CCC(CCl)(CCl)Cc1ccc(Br)cc1. The van der Waals surface area contributed by atoms with E-state index in [1.807, 2.05) is 0 Å². The smallest absolute Gasteiger partial charge is 0.0294 e. The minimum Gasteiger partial charge on any atom is -0.126 e. The van der Waals surface area contributed by atoms with Crippen molar-refractivity contribution < 1.29 is 0 Å². The third-order valence-corrected chi connectivity index (χ3v) is 4.47. The largest absolute Gasteiger partial charge is 0.126 e. The molecule has 84 valence electrons. The molecule has 0 saturated heterocycles. The van der Waals surface area contributed by atoms with Crippen molar-refractivity contribution in [3.63, 3.8) is 0 Å². The molecule has 0 bridgehead atoms. The zero-order chi connectivity index (χ0) is 11.3. The zero-order valence-corrected chi connectivity index (χ0v) is 11.9. The quantitative estimate of drug-likeness (QED) is 0.681. The molecule has 0 radical (unpaired) electrons. The maximum absolute atomic E-state index is 6.01. The molecule has 0 unspecified atom stereocenters. The summed E-state index contributed by atoms with van der Waals surface area (Å²) >= 11 is 15.4. The average molecular weight is 310 g/mol. The summed E-state index contributed by atoms with van der Waals surface area (Å²) in [6.07, 6.45) is 1.96. The van der Waals surface area contributed by atoms with Crippen molar-refractivity contribution in [2.45, 2.75) is 19.8 Å². The van der Waals surface area contributed by atoms with Crippen LogP contribution in [0.2, 0.25) is 0 Å². The van der Waals surface area contributed by atoms with E-state index >= 15 is 0 Å². The van der Waals surface area contributed by atoms with Crippen molar-refractivity contribution in [3.05, 3.63) is 34.3 Å². The summed E-state index contributed by atoms with van der Waals surface area (Å²) in [7, 11) is 0. The predicted octanol–water partition coefficient (Wildman–Crippen LogP) is 4.87. The summed E-state index contributed by atoms with van der Waals surface area (Å²) < 4.78 is 1.10. The van der Waals surface area contributed by atoms with E-state index in [0.29, 0.717) is 11.8 Å². The van der Waals surface area contributed by atoms with E-state index in [0.717, 1.165) is 17.3 Å². The summed E-state index contributed by atoms with van der Waals surface area (Å²) in [6, 6.07) is 8.34. The molecule has 0 N–H and O–H groups in total. The van der Waals surface area contributed by atoms with Crippen LogP contribution >= 0.6 is 39.1 Å². The van der Waals surface area contributed by atoms with Crippen molar-refractivity contribution in [2.75, 3.05) is 11.8 Å². The lowest BCUT2D eigenvalue weighted by molar-refractivity contribution is 0.362. The number of alkyl halides is 2. The maximum Gasteiger partial charge on any atom is 0.0294 e. The molecule has 0 amide bonds. The molecule has 0 aliphatic carbocycles. The van der Waals surface area contributed by atoms with Crippen molar-refractivity contribution in [1.29, 1.82) is 0 Å². The summed E-state index contributed by atoms with van der Waals surface area (Å²) in [6.45, 7) is 2.14. The number of rotatable bonds is 5. The molecule has 1 aromatic rings. The van der Waals surface area contributed by atoms with Gasteiger partial charge in [0.1, 0.15) is 0 Å². The molecule has 0 fully saturated rings. The van der Waals surface area contributed by atoms with E-state index in [-0.39, 0.29) is 5.41 Å². The molecule has 15 heavy (non-hydrogen) atoms. The molecular formula is C12H15BrCl2. The van der Waals surface area contributed by atoms with E-state index in [2.05, 4.69) is 47.1 Å². The molecule has 0 spiro atoms. The standard InChI is InChI=1S/C12H15BrCl2/c1-2-12(8-14,9-15)7-10-3-5-11(13)6-4-10/h3-6H,2,7-9H2,1H3. The molecule has 0 nitrogen and oxygen atoms in total. The molecule has 0 aliphatic heterocycles. The van der Waals surface area contributed by atoms with Crippen molar-refractivity contribution >= 4 is 39.1 Å². The summed E-state index contributed by atoms with van der Waals surface area (Å²) in [4.78, 5) is 0. The highest BCUT2D eigenvalue weighted by Crippen LogP contribution is 2.30. The molecule has 1 aromatic carbocycles. The van der Waals surface area contributed by atoms with Gasteiger partial charge in [-0.15, -0.1) is 23.2 Å². The van der Waals surface area contributed by atoms with Gasteiger partial charge >= 0.3 is 0 Å². The van der Waals surface area contributed by atoms with Gasteiger partial charge in [0.25, 0.3) is 0 Å². The normalized spacial score (nSPS) is 11.7. The van der Waals surface area contributed by atoms with Crippen molar-refractivity contribution in [1.82, 2.24) is 0 Å². The Morgan fingerprint density at radius 2 is 1.67 bits per heavy atom. The van der Waals surface area contributed by atoms with Crippen LogP contribution in [0.15, 0.2) is 28.7 Å². The Hall–Kier alpha value is 0.280. The monoisotopic (exact) mass is 308 g/mol. The van der Waals surface area contributed by atoms with Gasteiger partial charge in [-0.3, -0.25) is 0 Å². The fourth-order valence-electron chi connectivity index (χ4n) is 1.48. The zero-order valence-electron chi connectivity index (χ0n) is 8.77. The second-order valence-corrected chi connectivity index (χ2v) is 5.37. The number of hydrogen-bond acceptors (Lipinski definition) is 0. The van der Waals surface area contributed by atoms with Gasteiger partial charge in [-0.2, -0.15) is 0 Å². The third kappa shape index (κ3) is 3.65. The molecule has 0 saturated carbocycles. The van der Waals surface area contributed by atoms with E-state index in [4.69, 9.17) is 23.2 Å². The molecule has 0 aromatic heterocycles. The Labute approximate surface area is 110 Å². The second-order valence-electron chi connectivity index (χ2n) is 3.92. The average Bonchev–Trinajstić information content (AvgIpc) is 2.29. The van der Waals surface area contributed by atoms with Gasteiger partial charge in [-0.1, -0.05) is 35.0 Å². The first-order valence-electron chi connectivity index (χ1n) is 5.02. The van der Waals surface area contributed by atoms with E-state index in [1.165, 1.54) is 5.56 Å². The molecule has 3 heteroatoms. The van der Waals surface area contributed by atoms with Crippen LogP contribution in [0.5, 0.6) is 0 Å². The van der Waals surface area contributed by atoms with Crippen LogP contribution in [0, 0.1) is 5.41 Å². The third-order valence-electron chi connectivity index (χ3n) is 2.81. The van der Waals surface area contributed by atoms with Gasteiger partial charge < -0.3 is 0 Å². The summed E-state index contributed by atoms with van der Waals surface area (Å²) in [5.74, 6) is 1.23. The van der Waals surface area contributed by atoms with E-state index in [9.17, 15) is 0 Å². The Morgan fingerprint density at radius 3 is 2.07 bits per heavy atom. The van der Waals surface area contributed by atoms with Crippen LogP contribution in [0.25, 0.3) is 0 Å². The lowest BCUT2D eigenvalue weighted by atomic mass is 9.83. The van der Waals surface area contributed by atoms with Crippen LogP contribution in [0.3, 0.4) is 0 Å². The second kappa shape index (κ2) is 6.12. The van der Waals surface area contributed by atoms with Crippen LogP contribution in [-0.2, 0) is 6.42 Å². The van der Waals surface area contributed by atoms with Gasteiger partial charge in [-0.25, -0.2) is 0 Å². The number of hydrogen-bond donors (Lipinski definition) is 0. The first kappa shape index (κ1) is 13.3. The van der Waals surface area contributed by atoms with Crippen molar-refractivity contribution in [2.24, 2.45) is 5.41 Å². The maximum atomic E-state index is 6.01. The lowest BCUT2D eigenvalue weighted by Gasteiger charge is -2.28. The van der Waals surface area contributed by atoms with E-state index in [1.54, 1.807) is 0 Å². The number of halogens is 3. The topological polar surface area (TPSA) is 0 Å². The lowest BCUT2D eigenvalue weighted by Crippen LogP contribution is -2.27. The van der Waals surface area contributed by atoms with Gasteiger partial charge in [0, 0.05) is 21.6 Å². The van der Waals surface area contributed by atoms with Crippen LogP contribution < -0.4 is 0 Å². The first-order valence-corrected chi connectivity index (χ1v) is 6.88. The minimum atomic E-state index is 0.0386. The van der Waals surface area contributed by atoms with Gasteiger partial charge in [-0.05, 0) is 30.5 Å². The number of benzene rings is 1. The highest BCUT2D eigenvalue weighted by atomic mass is 79.9. The van der Waals surface area contributed by atoms with Crippen molar-refractivity contribution in [3.8, 4) is 0 Å². The highest BCUT2D eigenvalue weighted by Gasteiger charge is 2.26. The Bertz CT molecular complexity index is 283. The molecule has 0 atom stereocenters. The van der Waals surface area contributed by atoms with Gasteiger partial charge in [0.2, 0.25) is 0 Å². The molecule has 0 heterocycles. The van der Waals surface area contributed by atoms with Crippen LogP contribution in [0.1, 0.15) is 18.9 Å². The summed E-state index contributed by atoms with van der Waals surface area (Å²) in [5.41, 5.74) is 1.33. The predicted molar refractivity (Wildman–Crippen MR) is 72.0 cm³/mol. The highest BCUT2D eigenvalue weighted by molar-refractivity contribution is 9.10. The Balaban J connectivity index is 2.78. The minimum absolute atomic E-state index is 0.0386. The first-order chi connectivity index (χ1) is 7.15. The Morgan fingerprint density at radius 1 is 1.13 bits per heavy atom. The van der Waals surface area contributed by atoms with Crippen LogP contribution in [-0.4, -0.2) is 11.8 Å². The molecule has 1 rings (SSSR count). The van der Waals surface area contributed by atoms with Crippen LogP contribution in [0.4, 0.5) is 0 Å². The summed E-state index contributed by atoms with van der Waals surface area (Å²) in [5, 5.41) is 0. The molecule has 0 aliphatic rings. The van der Waals surface area contributed by atoms with Gasteiger partial charge in [0.05, 0.1) is 0 Å². The van der Waals surface area contributed by atoms with Gasteiger partial charge in [0.15, 0.2) is 0 Å². The van der Waals surface area contributed by atoms with E-state index < -0.39 is 0 Å².